The van der Waals surface area contributed by atoms with E-state index in [0.29, 0.717) is 13.1 Å². The van der Waals surface area contributed by atoms with Gasteiger partial charge < -0.3 is 4.90 Å². The van der Waals surface area contributed by atoms with Gasteiger partial charge in [0.15, 0.2) is 0 Å². The van der Waals surface area contributed by atoms with Crippen LogP contribution in [0.3, 0.4) is 0 Å². The number of rotatable bonds is 3. The van der Waals surface area contributed by atoms with Crippen LogP contribution in [0.2, 0.25) is 0 Å². The van der Waals surface area contributed by atoms with Crippen LogP contribution in [0.4, 0.5) is 0 Å². The highest BCUT2D eigenvalue weighted by molar-refractivity contribution is 7.12. The van der Waals surface area contributed by atoms with Gasteiger partial charge in [-0.1, -0.05) is 30.8 Å². The first kappa shape index (κ1) is 18.6. The van der Waals surface area contributed by atoms with E-state index in [0.717, 1.165) is 22.5 Å². The van der Waals surface area contributed by atoms with E-state index in [1.54, 1.807) is 17.7 Å². The van der Waals surface area contributed by atoms with Crippen LogP contribution in [0.25, 0.3) is 11.1 Å². The summed E-state index contributed by atoms with van der Waals surface area (Å²) in [7, 11) is 0. The molecule has 1 aliphatic rings. The van der Waals surface area contributed by atoms with Gasteiger partial charge in [-0.3, -0.25) is 4.79 Å². The molecule has 3 heterocycles. The van der Waals surface area contributed by atoms with Crippen molar-refractivity contribution in [2.45, 2.75) is 33.2 Å². The minimum atomic E-state index is -0.0189. The number of fused-ring (bicyclic) bond motifs is 1. The molecule has 0 saturated carbocycles. The molecule has 0 unspecified atom stereocenters. The molecule has 1 aliphatic heterocycles. The molecule has 0 N–H and O–H groups in total. The van der Waals surface area contributed by atoms with Gasteiger partial charge in [0.05, 0.1) is 6.54 Å². The minimum absolute atomic E-state index is 0.0189. The first-order valence-electron chi connectivity index (χ1n) is 9.37. The number of nitrogens with zero attached hydrogens (tertiary/aromatic N) is 3. The minimum Gasteiger partial charge on any atom is -0.333 e. The van der Waals surface area contributed by atoms with E-state index in [-0.39, 0.29) is 11.8 Å². The lowest BCUT2D eigenvalue weighted by molar-refractivity contribution is -0.127. The second-order valence-corrected chi connectivity index (χ2v) is 8.56. The molecular weight excluding hydrogens is 366 g/mol. The number of thiophene rings is 1. The SMILES string of the molecule is C=CC(=O)N1Cc2sc(C)cc2[C@H](c2ccccc2-c2c(C)ncnc2C)C1. The number of benzene rings is 1. The van der Waals surface area contributed by atoms with Crippen molar-refractivity contribution in [2.75, 3.05) is 6.54 Å². The van der Waals surface area contributed by atoms with E-state index in [4.69, 9.17) is 0 Å². The lowest BCUT2D eigenvalue weighted by Gasteiger charge is -2.33. The fourth-order valence-electron chi connectivity index (χ4n) is 4.13. The van der Waals surface area contributed by atoms with Gasteiger partial charge in [0.25, 0.3) is 0 Å². The Balaban J connectivity index is 1.89. The lowest BCUT2D eigenvalue weighted by Crippen LogP contribution is -2.37. The summed E-state index contributed by atoms with van der Waals surface area (Å²) < 4.78 is 0. The van der Waals surface area contributed by atoms with Crippen LogP contribution in [0.1, 0.15) is 38.2 Å². The molecule has 4 rings (SSSR count). The van der Waals surface area contributed by atoms with Crippen molar-refractivity contribution in [3.63, 3.8) is 0 Å². The van der Waals surface area contributed by atoms with Crippen LogP contribution in [0.5, 0.6) is 0 Å². The summed E-state index contributed by atoms with van der Waals surface area (Å²) in [4.78, 5) is 25.7. The fourth-order valence-corrected chi connectivity index (χ4v) is 5.25. The molecule has 3 aromatic rings. The zero-order chi connectivity index (χ0) is 19.8. The Morgan fingerprint density at radius 3 is 2.61 bits per heavy atom. The van der Waals surface area contributed by atoms with Crippen molar-refractivity contribution in [3.05, 3.63) is 81.6 Å². The molecule has 0 radical (unpaired) electrons. The number of hydrogen-bond donors (Lipinski definition) is 0. The Kier molecular flexibility index (Phi) is 4.85. The van der Waals surface area contributed by atoms with Gasteiger partial charge in [-0.2, -0.15) is 0 Å². The van der Waals surface area contributed by atoms with E-state index in [2.05, 4.69) is 53.8 Å². The summed E-state index contributed by atoms with van der Waals surface area (Å²) >= 11 is 1.78. The molecule has 28 heavy (non-hydrogen) atoms. The van der Waals surface area contributed by atoms with Crippen molar-refractivity contribution < 1.29 is 4.79 Å². The van der Waals surface area contributed by atoms with E-state index >= 15 is 0 Å². The summed E-state index contributed by atoms with van der Waals surface area (Å²) in [5.74, 6) is 0.0994. The number of aryl methyl sites for hydroxylation is 3. The summed E-state index contributed by atoms with van der Waals surface area (Å²) in [5.41, 5.74) is 6.71. The van der Waals surface area contributed by atoms with Crippen LogP contribution in [0.15, 0.2) is 49.3 Å². The number of carbonyl (C=O) groups excluding carboxylic acids is 1. The smallest absolute Gasteiger partial charge is 0.246 e. The summed E-state index contributed by atoms with van der Waals surface area (Å²) in [6.07, 6.45) is 3.02. The third-order valence-corrected chi connectivity index (χ3v) is 6.45. The molecular formula is C23H23N3OS. The van der Waals surface area contributed by atoms with E-state index < -0.39 is 0 Å². The second kappa shape index (κ2) is 7.32. The molecule has 1 aromatic carbocycles. The van der Waals surface area contributed by atoms with Gasteiger partial charge in [0.1, 0.15) is 6.33 Å². The standard InChI is InChI=1S/C23H23N3OS/c1-5-22(27)26-11-20(19-10-14(2)28-21(19)12-26)17-8-6-7-9-18(17)23-15(3)24-13-25-16(23)4/h5-10,13,20H,1,11-12H2,2-4H3/t20-/m0/s1. The van der Waals surface area contributed by atoms with Gasteiger partial charge in [0.2, 0.25) is 5.91 Å². The molecule has 2 aromatic heterocycles. The maximum Gasteiger partial charge on any atom is 0.246 e. The van der Waals surface area contributed by atoms with Gasteiger partial charge >= 0.3 is 0 Å². The van der Waals surface area contributed by atoms with E-state index in [1.807, 2.05) is 18.7 Å². The molecule has 0 fully saturated rings. The first-order chi connectivity index (χ1) is 13.5. The summed E-state index contributed by atoms with van der Waals surface area (Å²) in [6.45, 7) is 11.2. The molecule has 5 heteroatoms. The summed E-state index contributed by atoms with van der Waals surface area (Å²) in [5, 5.41) is 0. The maximum absolute atomic E-state index is 12.4. The normalized spacial score (nSPS) is 16.0. The third kappa shape index (κ3) is 3.16. The third-order valence-electron chi connectivity index (χ3n) is 5.40. The van der Waals surface area contributed by atoms with Crippen LogP contribution >= 0.6 is 11.3 Å². The number of amides is 1. The van der Waals surface area contributed by atoms with E-state index in [1.165, 1.54) is 27.0 Å². The molecule has 0 saturated heterocycles. The lowest BCUT2D eigenvalue weighted by atomic mass is 9.83. The van der Waals surface area contributed by atoms with Crippen LogP contribution in [-0.2, 0) is 11.3 Å². The maximum atomic E-state index is 12.4. The quantitative estimate of drug-likeness (QED) is 0.605. The first-order valence-corrected chi connectivity index (χ1v) is 10.2. The molecule has 1 amide bonds. The Morgan fingerprint density at radius 2 is 1.89 bits per heavy atom. The Bertz CT molecular complexity index is 1050. The zero-order valence-electron chi connectivity index (χ0n) is 16.4. The van der Waals surface area contributed by atoms with Gasteiger partial charge in [-0.05, 0) is 49.6 Å². The van der Waals surface area contributed by atoms with Crippen molar-refractivity contribution in [1.82, 2.24) is 14.9 Å². The number of hydrogen-bond acceptors (Lipinski definition) is 4. The average molecular weight is 390 g/mol. The van der Waals surface area contributed by atoms with Crippen molar-refractivity contribution in [2.24, 2.45) is 0 Å². The Hall–Kier alpha value is -2.79. The van der Waals surface area contributed by atoms with Crippen LogP contribution < -0.4 is 0 Å². The Morgan fingerprint density at radius 1 is 1.18 bits per heavy atom. The Labute approximate surface area is 169 Å². The predicted molar refractivity (Wildman–Crippen MR) is 113 cm³/mol. The van der Waals surface area contributed by atoms with Gasteiger partial charge in [-0.25, -0.2) is 9.97 Å². The zero-order valence-corrected chi connectivity index (χ0v) is 17.2. The predicted octanol–water partition coefficient (Wildman–Crippen LogP) is 4.79. The fraction of sp³-hybridized carbons (Fsp3) is 0.261. The van der Waals surface area contributed by atoms with Gasteiger partial charge in [0, 0.05) is 39.2 Å². The summed E-state index contributed by atoms with van der Waals surface area (Å²) in [6, 6.07) is 10.7. The molecule has 0 aliphatic carbocycles. The number of aromatic nitrogens is 2. The monoisotopic (exact) mass is 389 g/mol. The molecule has 4 nitrogen and oxygen atoms in total. The number of carbonyl (C=O) groups is 1. The second-order valence-electron chi connectivity index (χ2n) is 7.22. The highest BCUT2D eigenvalue weighted by Crippen LogP contribution is 2.42. The molecule has 142 valence electrons. The highest BCUT2D eigenvalue weighted by Gasteiger charge is 2.31. The van der Waals surface area contributed by atoms with Crippen LogP contribution in [0, 0.1) is 20.8 Å². The molecule has 0 bridgehead atoms. The average Bonchev–Trinajstić information content (AvgIpc) is 3.07. The van der Waals surface area contributed by atoms with Crippen molar-refractivity contribution in [1.29, 1.82) is 0 Å². The topological polar surface area (TPSA) is 46.1 Å². The largest absolute Gasteiger partial charge is 0.333 e. The van der Waals surface area contributed by atoms with Crippen molar-refractivity contribution in [3.8, 4) is 11.1 Å². The van der Waals surface area contributed by atoms with E-state index in [9.17, 15) is 4.79 Å². The highest BCUT2D eigenvalue weighted by atomic mass is 32.1. The van der Waals surface area contributed by atoms with Crippen LogP contribution in [-0.4, -0.2) is 27.3 Å². The van der Waals surface area contributed by atoms with Gasteiger partial charge in [-0.15, -0.1) is 11.3 Å². The molecule has 0 spiro atoms. The molecule has 1 atom stereocenters. The van der Waals surface area contributed by atoms with Crippen molar-refractivity contribution >= 4 is 17.2 Å².